The van der Waals surface area contributed by atoms with Crippen molar-refractivity contribution >= 4 is 0 Å². The number of likely N-dealkylation sites (N-methyl/N-ethyl adjacent to an activating group) is 1. The van der Waals surface area contributed by atoms with Crippen molar-refractivity contribution in [3.63, 3.8) is 0 Å². The van der Waals surface area contributed by atoms with E-state index in [1.165, 1.54) is 0 Å². The Morgan fingerprint density at radius 2 is 2.32 bits per heavy atom. The molecular formula is C17H27N3O2. The van der Waals surface area contributed by atoms with Gasteiger partial charge in [0.25, 0.3) is 0 Å². The molecular weight excluding hydrogens is 278 g/mol. The van der Waals surface area contributed by atoms with Crippen molar-refractivity contribution in [3.05, 3.63) is 30.1 Å². The molecule has 0 amide bonds. The molecule has 5 heteroatoms. The van der Waals surface area contributed by atoms with Gasteiger partial charge in [0, 0.05) is 32.4 Å². The molecule has 2 aliphatic heterocycles. The van der Waals surface area contributed by atoms with Crippen molar-refractivity contribution < 1.29 is 9.47 Å². The minimum atomic E-state index is -0.133. The zero-order valence-corrected chi connectivity index (χ0v) is 13.7. The minimum Gasteiger partial charge on any atom is -0.377 e. The van der Waals surface area contributed by atoms with E-state index >= 15 is 0 Å². The number of hydrogen-bond donors (Lipinski definition) is 0. The van der Waals surface area contributed by atoms with Gasteiger partial charge in [-0.2, -0.15) is 0 Å². The van der Waals surface area contributed by atoms with E-state index in [0.29, 0.717) is 6.10 Å². The Labute approximate surface area is 133 Å². The predicted octanol–water partition coefficient (Wildman–Crippen LogP) is 1.39. The van der Waals surface area contributed by atoms with Crippen LogP contribution in [0.4, 0.5) is 0 Å². The lowest BCUT2D eigenvalue weighted by Gasteiger charge is -2.32. The van der Waals surface area contributed by atoms with Gasteiger partial charge in [-0.3, -0.25) is 9.88 Å². The topological polar surface area (TPSA) is 37.8 Å². The molecule has 122 valence electrons. The first-order valence-electron chi connectivity index (χ1n) is 8.18. The molecule has 1 aromatic rings. The highest BCUT2D eigenvalue weighted by atomic mass is 16.6. The summed E-state index contributed by atoms with van der Waals surface area (Å²) in [5, 5.41) is 0. The molecule has 0 N–H and O–H groups in total. The van der Waals surface area contributed by atoms with Crippen molar-refractivity contribution in [2.24, 2.45) is 0 Å². The summed E-state index contributed by atoms with van der Waals surface area (Å²) in [6, 6.07) is 6.09. The van der Waals surface area contributed by atoms with Crippen molar-refractivity contribution in [1.82, 2.24) is 14.8 Å². The SMILES string of the molecule is CN(C)C[C@@H]1CC[C@]2(COCCN(Cc3ccccn3)C2)O1. The number of nitrogens with zero attached hydrogens (tertiary/aromatic N) is 3. The van der Waals surface area contributed by atoms with Crippen molar-refractivity contribution in [2.45, 2.75) is 31.1 Å². The van der Waals surface area contributed by atoms with Gasteiger partial charge in [-0.15, -0.1) is 0 Å². The Balaban J connectivity index is 1.63. The zero-order valence-electron chi connectivity index (χ0n) is 13.7. The standard InChI is InChI=1S/C17H27N3O2/c1-19(2)12-16-6-7-17(22-16)13-20(9-10-21-14-17)11-15-5-3-4-8-18-15/h3-5,8,16H,6-7,9-14H2,1-2H3/t16-,17-/m0/s1. The van der Waals surface area contributed by atoms with Crippen LogP contribution in [-0.2, 0) is 16.0 Å². The Kier molecular flexibility index (Phi) is 5.08. The Hall–Kier alpha value is -1.01. The van der Waals surface area contributed by atoms with Crippen LogP contribution in [0.5, 0.6) is 0 Å². The third-order valence-electron chi connectivity index (χ3n) is 4.45. The molecule has 2 aliphatic rings. The molecule has 1 spiro atoms. The van der Waals surface area contributed by atoms with Gasteiger partial charge < -0.3 is 14.4 Å². The summed E-state index contributed by atoms with van der Waals surface area (Å²) >= 11 is 0. The van der Waals surface area contributed by atoms with Gasteiger partial charge in [0.2, 0.25) is 0 Å². The Morgan fingerprint density at radius 1 is 1.41 bits per heavy atom. The molecule has 5 nitrogen and oxygen atoms in total. The van der Waals surface area contributed by atoms with Crippen molar-refractivity contribution in [1.29, 1.82) is 0 Å². The lowest BCUT2D eigenvalue weighted by atomic mass is 10.00. The smallest absolute Gasteiger partial charge is 0.105 e. The first kappa shape index (κ1) is 15.9. The third kappa shape index (κ3) is 4.04. The first-order valence-corrected chi connectivity index (χ1v) is 8.18. The van der Waals surface area contributed by atoms with Gasteiger partial charge in [0.05, 0.1) is 25.0 Å². The average Bonchev–Trinajstić information content (AvgIpc) is 2.75. The average molecular weight is 305 g/mol. The van der Waals surface area contributed by atoms with Crippen LogP contribution in [0.25, 0.3) is 0 Å². The molecule has 0 radical (unpaired) electrons. The zero-order chi connectivity index (χ0) is 15.4. The number of rotatable bonds is 4. The third-order valence-corrected chi connectivity index (χ3v) is 4.45. The molecule has 0 unspecified atom stereocenters. The molecule has 3 rings (SSSR count). The summed E-state index contributed by atoms with van der Waals surface area (Å²) in [4.78, 5) is 9.07. The number of aromatic nitrogens is 1. The molecule has 0 aliphatic carbocycles. The van der Waals surface area contributed by atoms with Crippen LogP contribution >= 0.6 is 0 Å². The second-order valence-electron chi connectivity index (χ2n) is 6.81. The van der Waals surface area contributed by atoms with Gasteiger partial charge in [0.1, 0.15) is 5.60 Å². The highest BCUT2D eigenvalue weighted by Crippen LogP contribution is 2.33. The quantitative estimate of drug-likeness (QED) is 0.840. The van der Waals surface area contributed by atoms with E-state index in [1.807, 2.05) is 18.3 Å². The molecule has 0 aromatic carbocycles. The maximum absolute atomic E-state index is 6.42. The van der Waals surface area contributed by atoms with Crippen LogP contribution in [0.15, 0.2) is 24.4 Å². The van der Waals surface area contributed by atoms with Crippen LogP contribution in [0, 0.1) is 0 Å². The van der Waals surface area contributed by atoms with E-state index in [-0.39, 0.29) is 5.60 Å². The second-order valence-corrected chi connectivity index (χ2v) is 6.81. The van der Waals surface area contributed by atoms with Crippen LogP contribution in [0.1, 0.15) is 18.5 Å². The largest absolute Gasteiger partial charge is 0.377 e. The first-order chi connectivity index (χ1) is 10.7. The molecule has 3 heterocycles. The minimum absolute atomic E-state index is 0.133. The van der Waals surface area contributed by atoms with Gasteiger partial charge in [0.15, 0.2) is 0 Å². The fraction of sp³-hybridized carbons (Fsp3) is 0.706. The fourth-order valence-electron chi connectivity index (χ4n) is 3.49. The van der Waals surface area contributed by atoms with E-state index < -0.39 is 0 Å². The number of pyridine rings is 1. The molecule has 2 atom stereocenters. The van der Waals surface area contributed by atoms with E-state index in [0.717, 1.165) is 57.9 Å². The van der Waals surface area contributed by atoms with Gasteiger partial charge >= 0.3 is 0 Å². The summed E-state index contributed by atoms with van der Waals surface area (Å²) in [6.45, 7) is 5.23. The normalized spacial score (nSPS) is 30.0. The lowest BCUT2D eigenvalue weighted by molar-refractivity contribution is -0.0902. The van der Waals surface area contributed by atoms with Crippen LogP contribution < -0.4 is 0 Å². The van der Waals surface area contributed by atoms with Gasteiger partial charge in [-0.25, -0.2) is 0 Å². The fourth-order valence-corrected chi connectivity index (χ4v) is 3.49. The highest BCUT2D eigenvalue weighted by molar-refractivity contribution is 5.04. The Morgan fingerprint density at radius 3 is 3.09 bits per heavy atom. The van der Waals surface area contributed by atoms with E-state index in [1.54, 1.807) is 0 Å². The molecule has 1 aromatic heterocycles. The summed E-state index contributed by atoms with van der Waals surface area (Å²) < 4.78 is 12.3. The summed E-state index contributed by atoms with van der Waals surface area (Å²) in [5.41, 5.74) is 0.980. The van der Waals surface area contributed by atoms with E-state index in [9.17, 15) is 0 Å². The number of ether oxygens (including phenoxy) is 2. The van der Waals surface area contributed by atoms with Crippen LogP contribution in [0.3, 0.4) is 0 Å². The molecule has 0 saturated carbocycles. The van der Waals surface area contributed by atoms with E-state index in [4.69, 9.17) is 9.47 Å². The summed E-state index contributed by atoms with van der Waals surface area (Å²) in [7, 11) is 4.21. The van der Waals surface area contributed by atoms with Gasteiger partial charge in [-0.1, -0.05) is 6.07 Å². The summed E-state index contributed by atoms with van der Waals surface area (Å²) in [6.07, 6.45) is 4.40. The lowest BCUT2D eigenvalue weighted by Crippen LogP contribution is -2.45. The van der Waals surface area contributed by atoms with Crippen molar-refractivity contribution in [2.75, 3.05) is 46.9 Å². The monoisotopic (exact) mass is 305 g/mol. The highest BCUT2D eigenvalue weighted by Gasteiger charge is 2.43. The van der Waals surface area contributed by atoms with Crippen molar-refractivity contribution in [3.8, 4) is 0 Å². The van der Waals surface area contributed by atoms with Gasteiger partial charge in [-0.05, 0) is 39.1 Å². The summed E-state index contributed by atoms with van der Waals surface area (Å²) in [5.74, 6) is 0. The van der Waals surface area contributed by atoms with Crippen LogP contribution in [-0.4, -0.2) is 73.4 Å². The molecule has 22 heavy (non-hydrogen) atoms. The molecule has 0 bridgehead atoms. The van der Waals surface area contributed by atoms with E-state index in [2.05, 4.69) is 34.9 Å². The maximum Gasteiger partial charge on any atom is 0.105 e. The maximum atomic E-state index is 6.42. The molecule has 2 fully saturated rings. The predicted molar refractivity (Wildman–Crippen MR) is 85.7 cm³/mol. The molecule has 2 saturated heterocycles. The Bertz CT molecular complexity index is 468. The number of hydrogen-bond acceptors (Lipinski definition) is 5. The second kappa shape index (κ2) is 7.04. The van der Waals surface area contributed by atoms with Crippen LogP contribution in [0.2, 0.25) is 0 Å².